The Hall–Kier alpha value is -3.32. The van der Waals surface area contributed by atoms with E-state index in [0.717, 1.165) is 35.2 Å². The normalized spacial score (nSPS) is 19.3. The number of anilines is 2. The molecule has 3 N–H and O–H groups in total. The number of hydrogen-bond acceptors (Lipinski definition) is 4. The summed E-state index contributed by atoms with van der Waals surface area (Å²) in [6, 6.07) is 15.1. The number of morpholine rings is 1. The summed E-state index contributed by atoms with van der Waals surface area (Å²) in [6.07, 6.45) is 2.66. The van der Waals surface area contributed by atoms with Crippen molar-refractivity contribution in [1.29, 1.82) is 0 Å². The number of carbonyl (C=O) groups excluding carboxylic acids is 2. The van der Waals surface area contributed by atoms with Gasteiger partial charge in [-0.05, 0) is 49.7 Å². The standard InChI is InChI=1S/C27H34N4O3/c1-17(2)26(32)30-25(13-20-14-28-24-8-6-5-7-23(20)24)27(33)29-21-9-11-22(12-10-21)31-15-18(3)34-19(4)16-31/h5-12,14,17-19,25,28H,13,15-16H2,1-4H3,(H,29,33)(H,30,32). The van der Waals surface area contributed by atoms with E-state index in [9.17, 15) is 9.59 Å². The van der Waals surface area contributed by atoms with Crippen LogP contribution in [0.5, 0.6) is 0 Å². The van der Waals surface area contributed by atoms with Gasteiger partial charge in [0.25, 0.3) is 0 Å². The molecular formula is C27H34N4O3. The summed E-state index contributed by atoms with van der Waals surface area (Å²) in [7, 11) is 0. The zero-order valence-corrected chi connectivity index (χ0v) is 20.3. The highest BCUT2D eigenvalue weighted by Gasteiger charge is 2.25. The third-order valence-electron chi connectivity index (χ3n) is 6.18. The van der Waals surface area contributed by atoms with Crippen molar-refractivity contribution in [1.82, 2.24) is 10.3 Å². The maximum atomic E-state index is 13.2. The molecule has 34 heavy (non-hydrogen) atoms. The van der Waals surface area contributed by atoms with Crippen LogP contribution in [0.2, 0.25) is 0 Å². The molecule has 0 spiro atoms. The molecule has 1 aliphatic rings. The number of nitrogens with one attached hydrogen (secondary N) is 3. The fourth-order valence-corrected chi connectivity index (χ4v) is 4.44. The van der Waals surface area contributed by atoms with Crippen molar-refractivity contribution in [2.24, 2.45) is 5.92 Å². The van der Waals surface area contributed by atoms with Crippen LogP contribution in [0.15, 0.2) is 54.7 Å². The average molecular weight is 463 g/mol. The average Bonchev–Trinajstić information content (AvgIpc) is 3.21. The lowest BCUT2D eigenvalue weighted by atomic mass is 10.0. The van der Waals surface area contributed by atoms with E-state index >= 15 is 0 Å². The predicted octanol–water partition coefficient (Wildman–Crippen LogP) is 4.10. The van der Waals surface area contributed by atoms with Gasteiger partial charge in [-0.3, -0.25) is 9.59 Å². The summed E-state index contributed by atoms with van der Waals surface area (Å²) < 4.78 is 5.82. The minimum Gasteiger partial charge on any atom is -0.372 e. The molecule has 1 fully saturated rings. The summed E-state index contributed by atoms with van der Waals surface area (Å²) >= 11 is 0. The minimum absolute atomic E-state index is 0.147. The van der Waals surface area contributed by atoms with Crippen molar-refractivity contribution in [2.75, 3.05) is 23.3 Å². The Labute approximate surface area is 200 Å². The van der Waals surface area contributed by atoms with Crippen LogP contribution in [0.1, 0.15) is 33.3 Å². The molecule has 1 aliphatic heterocycles. The number of para-hydroxylation sites is 1. The molecule has 3 atom stereocenters. The number of benzene rings is 2. The second-order valence-corrected chi connectivity index (χ2v) is 9.48. The quantitative estimate of drug-likeness (QED) is 0.493. The fourth-order valence-electron chi connectivity index (χ4n) is 4.44. The molecule has 0 bridgehead atoms. The molecule has 3 unspecified atom stereocenters. The van der Waals surface area contributed by atoms with Crippen LogP contribution in [0, 0.1) is 5.92 Å². The van der Waals surface area contributed by atoms with Gasteiger partial charge in [-0.1, -0.05) is 32.0 Å². The van der Waals surface area contributed by atoms with Crippen LogP contribution in [0.4, 0.5) is 11.4 Å². The maximum Gasteiger partial charge on any atom is 0.247 e. The Morgan fingerprint density at radius 1 is 1.03 bits per heavy atom. The largest absolute Gasteiger partial charge is 0.372 e. The number of aromatic amines is 1. The van der Waals surface area contributed by atoms with E-state index in [-0.39, 0.29) is 29.9 Å². The van der Waals surface area contributed by atoms with Gasteiger partial charge in [0, 0.05) is 53.9 Å². The van der Waals surface area contributed by atoms with Gasteiger partial charge in [0.1, 0.15) is 6.04 Å². The summed E-state index contributed by atoms with van der Waals surface area (Å²) in [5.74, 6) is -0.595. The van der Waals surface area contributed by atoms with Crippen molar-refractivity contribution < 1.29 is 14.3 Å². The topological polar surface area (TPSA) is 86.5 Å². The lowest BCUT2D eigenvalue weighted by Gasteiger charge is -2.36. The second kappa shape index (κ2) is 10.3. The van der Waals surface area contributed by atoms with Crippen LogP contribution in [0.25, 0.3) is 10.9 Å². The van der Waals surface area contributed by atoms with Gasteiger partial charge in [0.2, 0.25) is 11.8 Å². The molecule has 180 valence electrons. The summed E-state index contributed by atoms with van der Waals surface area (Å²) in [5, 5.41) is 6.97. The highest BCUT2D eigenvalue weighted by atomic mass is 16.5. The van der Waals surface area contributed by atoms with Crippen LogP contribution >= 0.6 is 0 Å². The molecule has 4 rings (SSSR count). The lowest BCUT2D eigenvalue weighted by molar-refractivity contribution is -0.128. The third-order valence-corrected chi connectivity index (χ3v) is 6.18. The summed E-state index contributed by atoms with van der Waals surface area (Å²) in [5.41, 5.74) is 3.80. The van der Waals surface area contributed by atoms with Gasteiger partial charge in [-0.2, -0.15) is 0 Å². The number of ether oxygens (including phenoxy) is 1. The Kier molecular flexibility index (Phi) is 7.22. The first-order valence-corrected chi connectivity index (χ1v) is 12.0. The molecule has 0 radical (unpaired) electrons. The van der Waals surface area contributed by atoms with E-state index in [2.05, 4.69) is 34.4 Å². The second-order valence-electron chi connectivity index (χ2n) is 9.48. The SMILES string of the molecule is CC1CN(c2ccc(NC(=O)C(Cc3c[nH]c4ccccc34)NC(=O)C(C)C)cc2)CC(C)O1. The number of aromatic nitrogens is 1. The van der Waals surface area contributed by atoms with Gasteiger partial charge >= 0.3 is 0 Å². The molecule has 1 aromatic heterocycles. The Morgan fingerprint density at radius 2 is 1.71 bits per heavy atom. The van der Waals surface area contributed by atoms with E-state index < -0.39 is 6.04 Å². The van der Waals surface area contributed by atoms with Crippen molar-refractivity contribution in [3.05, 3.63) is 60.3 Å². The first kappa shape index (κ1) is 23.8. The van der Waals surface area contributed by atoms with Crippen LogP contribution in [0.3, 0.4) is 0 Å². The van der Waals surface area contributed by atoms with E-state index in [0.29, 0.717) is 12.1 Å². The van der Waals surface area contributed by atoms with Crippen molar-refractivity contribution in [3.63, 3.8) is 0 Å². The van der Waals surface area contributed by atoms with E-state index in [1.807, 2.05) is 68.6 Å². The summed E-state index contributed by atoms with van der Waals surface area (Å²) in [6.45, 7) is 9.48. The molecule has 7 nitrogen and oxygen atoms in total. The molecule has 2 heterocycles. The zero-order chi connectivity index (χ0) is 24.2. The van der Waals surface area contributed by atoms with Crippen molar-refractivity contribution in [3.8, 4) is 0 Å². The third kappa shape index (κ3) is 5.59. The van der Waals surface area contributed by atoms with Crippen molar-refractivity contribution >= 4 is 34.1 Å². The molecule has 3 aromatic rings. The number of nitrogens with zero attached hydrogens (tertiary/aromatic N) is 1. The van der Waals surface area contributed by atoms with Crippen LogP contribution in [-0.4, -0.2) is 48.1 Å². The molecule has 2 amide bonds. The highest BCUT2D eigenvalue weighted by Crippen LogP contribution is 2.23. The van der Waals surface area contributed by atoms with E-state index in [4.69, 9.17) is 4.74 Å². The van der Waals surface area contributed by atoms with E-state index in [1.165, 1.54) is 0 Å². The number of fused-ring (bicyclic) bond motifs is 1. The molecule has 7 heteroatoms. The number of amides is 2. The molecule has 0 aliphatic carbocycles. The monoisotopic (exact) mass is 462 g/mol. The van der Waals surface area contributed by atoms with Gasteiger partial charge in [-0.25, -0.2) is 0 Å². The van der Waals surface area contributed by atoms with Gasteiger partial charge in [0.15, 0.2) is 0 Å². The molecule has 0 saturated carbocycles. The maximum absolute atomic E-state index is 13.2. The smallest absolute Gasteiger partial charge is 0.247 e. The number of rotatable bonds is 7. The van der Waals surface area contributed by atoms with Crippen LogP contribution in [-0.2, 0) is 20.7 Å². The zero-order valence-electron chi connectivity index (χ0n) is 20.3. The Morgan fingerprint density at radius 3 is 2.38 bits per heavy atom. The van der Waals surface area contributed by atoms with Gasteiger partial charge in [-0.15, -0.1) is 0 Å². The number of H-pyrrole nitrogens is 1. The van der Waals surface area contributed by atoms with Crippen molar-refractivity contribution in [2.45, 2.75) is 52.4 Å². The number of hydrogen-bond donors (Lipinski definition) is 3. The molecular weight excluding hydrogens is 428 g/mol. The molecule has 2 aromatic carbocycles. The minimum atomic E-state index is -0.685. The number of carbonyl (C=O) groups is 2. The fraction of sp³-hybridized carbons (Fsp3) is 0.407. The first-order chi connectivity index (χ1) is 16.3. The Balaban J connectivity index is 1.48. The highest BCUT2D eigenvalue weighted by molar-refractivity contribution is 5.98. The van der Waals surface area contributed by atoms with Gasteiger partial charge in [0.05, 0.1) is 12.2 Å². The Bertz CT molecular complexity index is 1130. The van der Waals surface area contributed by atoms with Crippen LogP contribution < -0.4 is 15.5 Å². The predicted molar refractivity (Wildman–Crippen MR) is 136 cm³/mol. The lowest BCUT2D eigenvalue weighted by Crippen LogP contribution is -2.46. The van der Waals surface area contributed by atoms with E-state index in [1.54, 1.807) is 0 Å². The summed E-state index contributed by atoms with van der Waals surface area (Å²) in [4.78, 5) is 31.2. The van der Waals surface area contributed by atoms with Gasteiger partial charge < -0.3 is 25.3 Å². The molecule has 1 saturated heterocycles. The first-order valence-electron chi connectivity index (χ1n) is 12.0.